The first kappa shape index (κ1) is 19.1. The Kier molecular flexibility index (Phi) is 5.64. The molecule has 0 radical (unpaired) electrons. The van der Waals surface area contributed by atoms with E-state index < -0.39 is 0 Å². The third-order valence-electron chi connectivity index (χ3n) is 4.81. The number of pyridine rings is 3. The van der Waals surface area contributed by atoms with Gasteiger partial charge in [-0.3, -0.25) is 15.0 Å². The van der Waals surface area contributed by atoms with Crippen LogP contribution in [0, 0.1) is 0 Å². The van der Waals surface area contributed by atoms with Gasteiger partial charge in [0.25, 0.3) is 0 Å². The number of nitrogens with zero attached hydrogens (tertiary/aromatic N) is 3. The van der Waals surface area contributed by atoms with Crippen LogP contribution in [0.5, 0.6) is 0 Å². The van der Waals surface area contributed by atoms with Gasteiger partial charge in [0.15, 0.2) is 0 Å². The number of rotatable bonds is 6. The Hall–Kier alpha value is -2.89. The van der Waals surface area contributed by atoms with E-state index in [9.17, 15) is 0 Å². The van der Waals surface area contributed by atoms with Gasteiger partial charge >= 0.3 is 0 Å². The Morgan fingerprint density at radius 1 is 0.533 bits per heavy atom. The first-order valence-electron chi connectivity index (χ1n) is 9.75. The smallest absolute Gasteiger partial charge is 0.0837 e. The molecule has 0 N–H and O–H groups in total. The van der Waals surface area contributed by atoms with Gasteiger partial charge in [-0.25, -0.2) is 0 Å². The lowest BCUT2D eigenvalue weighted by Gasteiger charge is -2.08. The van der Waals surface area contributed by atoms with Crippen molar-refractivity contribution in [2.75, 3.05) is 0 Å². The van der Waals surface area contributed by atoms with Crippen LogP contribution in [0.1, 0.15) is 11.4 Å². The molecule has 0 spiro atoms. The molecule has 30 heavy (non-hydrogen) atoms. The number of hydrogen-bond acceptors (Lipinski definition) is 5. The number of hydrogen-bond donors (Lipinski definition) is 0. The van der Waals surface area contributed by atoms with Gasteiger partial charge in [-0.05, 0) is 36.4 Å². The second kappa shape index (κ2) is 8.86. The highest BCUT2D eigenvalue weighted by Gasteiger charge is 2.07. The van der Waals surface area contributed by atoms with Crippen LogP contribution in [0.25, 0.3) is 21.8 Å². The molecule has 3 heterocycles. The Labute approximate surface area is 184 Å². The normalized spacial score (nSPS) is 11.2. The molecule has 2 aromatic carbocycles. The van der Waals surface area contributed by atoms with Crippen molar-refractivity contribution < 1.29 is 0 Å². The molecule has 3 nitrogen and oxygen atoms in total. The number of fused-ring (bicyclic) bond motifs is 2. The summed E-state index contributed by atoms with van der Waals surface area (Å²) < 4.78 is 0. The fourth-order valence-electron chi connectivity index (χ4n) is 3.38. The summed E-state index contributed by atoms with van der Waals surface area (Å²) in [5, 5.41) is 2.34. The summed E-state index contributed by atoms with van der Waals surface area (Å²) in [4.78, 5) is 16.4. The van der Waals surface area contributed by atoms with Gasteiger partial charge in [0.2, 0.25) is 0 Å². The number of para-hydroxylation sites is 2. The van der Waals surface area contributed by atoms with Gasteiger partial charge in [-0.15, -0.1) is 23.5 Å². The maximum Gasteiger partial charge on any atom is 0.0837 e. The highest BCUT2D eigenvalue weighted by Crippen LogP contribution is 2.30. The molecule has 0 aliphatic rings. The molecular weight excluding hydrogens is 406 g/mol. The quantitative estimate of drug-likeness (QED) is 0.281. The molecule has 5 heteroatoms. The molecule has 0 amide bonds. The zero-order chi connectivity index (χ0) is 20.2. The minimum atomic E-state index is 0.823. The summed E-state index contributed by atoms with van der Waals surface area (Å²) in [6.45, 7) is 0. The molecule has 5 rings (SSSR count). The molecule has 5 aromatic rings. The van der Waals surface area contributed by atoms with Gasteiger partial charge < -0.3 is 0 Å². The predicted octanol–water partition coefficient (Wildman–Crippen LogP) is 6.76. The molecule has 0 saturated carbocycles. The molecule has 0 unspecified atom stereocenters. The SMILES string of the molecule is c1cc(CSc2cccc3cccnc23)nc(CSc2cccc3cccnc23)c1. The standard InChI is InChI=1S/C25H19N3S2/c1-6-18-8-4-14-26-24(18)22(12-1)29-16-20-10-3-11-21(28-20)17-30-23-13-2-7-19-9-5-15-27-25(19)23/h1-15H,16-17H2. The number of benzene rings is 2. The lowest BCUT2D eigenvalue weighted by atomic mass is 10.2. The molecule has 0 saturated heterocycles. The zero-order valence-corrected chi connectivity index (χ0v) is 17.9. The van der Waals surface area contributed by atoms with E-state index in [1.54, 1.807) is 23.5 Å². The molecule has 0 fully saturated rings. The third kappa shape index (κ3) is 4.18. The Balaban J connectivity index is 1.29. The topological polar surface area (TPSA) is 38.7 Å². The summed E-state index contributed by atoms with van der Waals surface area (Å²) in [5.41, 5.74) is 4.28. The van der Waals surface area contributed by atoms with Crippen molar-refractivity contribution in [3.63, 3.8) is 0 Å². The number of aromatic nitrogens is 3. The second-order valence-corrected chi connectivity index (χ2v) is 8.89. The Bertz CT molecular complexity index is 1210. The van der Waals surface area contributed by atoms with Crippen LogP contribution in [0.15, 0.2) is 101 Å². The van der Waals surface area contributed by atoms with E-state index in [0.717, 1.165) is 33.9 Å². The lowest BCUT2D eigenvalue weighted by molar-refractivity contribution is 1.09. The zero-order valence-electron chi connectivity index (χ0n) is 16.2. The summed E-state index contributed by atoms with van der Waals surface area (Å²) in [6.07, 6.45) is 3.70. The molecule has 0 atom stereocenters. The van der Waals surface area contributed by atoms with E-state index in [1.165, 1.54) is 20.6 Å². The van der Waals surface area contributed by atoms with Crippen LogP contribution < -0.4 is 0 Å². The van der Waals surface area contributed by atoms with Crippen molar-refractivity contribution in [3.8, 4) is 0 Å². The fourth-order valence-corrected chi connectivity index (χ4v) is 5.27. The minimum absolute atomic E-state index is 0.823. The third-order valence-corrected chi connectivity index (χ3v) is 6.97. The summed E-state index contributed by atoms with van der Waals surface area (Å²) in [5.74, 6) is 1.65. The van der Waals surface area contributed by atoms with E-state index in [1.807, 2.05) is 24.5 Å². The van der Waals surface area contributed by atoms with Crippen molar-refractivity contribution in [3.05, 3.63) is 103 Å². The first-order valence-corrected chi connectivity index (χ1v) is 11.7. The molecule has 0 aliphatic carbocycles. The Morgan fingerprint density at radius 2 is 1.00 bits per heavy atom. The van der Waals surface area contributed by atoms with Gasteiger partial charge in [0.05, 0.1) is 22.4 Å². The van der Waals surface area contributed by atoms with Crippen molar-refractivity contribution in [2.45, 2.75) is 21.3 Å². The maximum atomic E-state index is 4.88. The van der Waals surface area contributed by atoms with E-state index in [-0.39, 0.29) is 0 Å². The van der Waals surface area contributed by atoms with E-state index >= 15 is 0 Å². The van der Waals surface area contributed by atoms with Crippen LogP contribution >= 0.6 is 23.5 Å². The largest absolute Gasteiger partial charge is 0.256 e. The van der Waals surface area contributed by atoms with Crippen molar-refractivity contribution in [1.82, 2.24) is 15.0 Å². The maximum absolute atomic E-state index is 4.88. The van der Waals surface area contributed by atoms with Crippen LogP contribution in [-0.4, -0.2) is 15.0 Å². The van der Waals surface area contributed by atoms with Gasteiger partial charge in [-0.2, -0.15) is 0 Å². The molecule has 146 valence electrons. The average molecular weight is 426 g/mol. The summed E-state index contributed by atoms with van der Waals surface area (Å²) >= 11 is 3.57. The Morgan fingerprint density at radius 3 is 1.53 bits per heavy atom. The molecule has 0 bridgehead atoms. The fraction of sp³-hybridized carbons (Fsp3) is 0.0800. The van der Waals surface area contributed by atoms with E-state index in [4.69, 9.17) is 4.98 Å². The summed E-state index contributed by atoms with van der Waals surface area (Å²) in [7, 11) is 0. The van der Waals surface area contributed by atoms with Crippen LogP contribution in [0.4, 0.5) is 0 Å². The van der Waals surface area contributed by atoms with Crippen LogP contribution in [0.2, 0.25) is 0 Å². The van der Waals surface area contributed by atoms with Crippen molar-refractivity contribution in [1.29, 1.82) is 0 Å². The summed E-state index contributed by atoms with van der Waals surface area (Å²) in [6, 6.07) is 27.1. The number of thioether (sulfide) groups is 2. The first-order chi connectivity index (χ1) is 14.9. The molecule has 0 aliphatic heterocycles. The minimum Gasteiger partial charge on any atom is -0.256 e. The molecule has 3 aromatic heterocycles. The van der Waals surface area contributed by atoms with Crippen molar-refractivity contribution in [2.24, 2.45) is 0 Å². The lowest BCUT2D eigenvalue weighted by Crippen LogP contribution is -1.93. The van der Waals surface area contributed by atoms with E-state index in [0.29, 0.717) is 0 Å². The van der Waals surface area contributed by atoms with E-state index in [2.05, 4.69) is 76.7 Å². The highest BCUT2D eigenvalue weighted by atomic mass is 32.2. The van der Waals surface area contributed by atoms with Crippen molar-refractivity contribution >= 4 is 45.3 Å². The monoisotopic (exact) mass is 425 g/mol. The van der Waals surface area contributed by atoms with Crippen LogP contribution in [-0.2, 0) is 11.5 Å². The van der Waals surface area contributed by atoms with Gasteiger partial charge in [-0.1, -0.05) is 42.5 Å². The predicted molar refractivity (Wildman–Crippen MR) is 127 cm³/mol. The second-order valence-electron chi connectivity index (χ2n) is 6.86. The average Bonchev–Trinajstić information content (AvgIpc) is 2.81. The van der Waals surface area contributed by atoms with Gasteiger partial charge in [0.1, 0.15) is 0 Å². The highest BCUT2D eigenvalue weighted by molar-refractivity contribution is 7.99. The molecular formula is C25H19N3S2. The van der Waals surface area contributed by atoms with Crippen LogP contribution in [0.3, 0.4) is 0 Å². The van der Waals surface area contributed by atoms with Gasteiger partial charge in [0, 0.05) is 44.5 Å².